The molecule has 0 saturated carbocycles. The molecule has 1 aromatic carbocycles. The maximum absolute atomic E-state index is 12.4. The van der Waals surface area contributed by atoms with Crippen molar-refractivity contribution >= 4 is 0 Å². The molecule has 0 aliphatic rings. The molecule has 0 radical (unpaired) electrons. The molecule has 0 fully saturated rings. The Balaban J connectivity index is 2.81. The average molecular weight is 244 g/mol. The second-order valence-electron chi connectivity index (χ2n) is 4.13. The Morgan fingerprint density at radius 2 is 2.06 bits per heavy atom. The Bertz CT molecular complexity index is 396. The number of halogens is 3. The Kier molecular flexibility index (Phi) is 4.34. The first-order valence-electron chi connectivity index (χ1n) is 5.30. The Morgan fingerprint density at radius 1 is 1.41 bits per heavy atom. The lowest BCUT2D eigenvalue weighted by Gasteiger charge is -2.13. The lowest BCUT2D eigenvalue weighted by Crippen LogP contribution is -2.06. The van der Waals surface area contributed by atoms with E-state index >= 15 is 0 Å². The van der Waals surface area contributed by atoms with Gasteiger partial charge in [0.2, 0.25) is 0 Å². The van der Waals surface area contributed by atoms with E-state index in [9.17, 15) is 18.3 Å². The van der Waals surface area contributed by atoms with Gasteiger partial charge in [-0.25, -0.2) is 0 Å². The van der Waals surface area contributed by atoms with Gasteiger partial charge in [-0.05, 0) is 37.5 Å². The summed E-state index contributed by atoms with van der Waals surface area (Å²) in [7, 11) is 0. The van der Waals surface area contributed by atoms with Crippen LogP contribution in [0.1, 0.15) is 37.0 Å². The van der Waals surface area contributed by atoms with Crippen LogP contribution < -0.4 is 0 Å². The quantitative estimate of drug-likeness (QED) is 0.791. The zero-order chi connectivity index (χ0) is 13.1. The molecule has 0 saturated heterocycles. The molecular weight excluding hydrogens is 229 g/mol. The molecule has 1 nitrogen and oxygen atoms in total. The van der Waals surface area contributed by atoms with Crippen molar-refractivity contribution in [3.8, 4) is 0 Å². The summed E-state index contributed by atoms with van der Waals surface area (Å²) in [6.07, 6.45) is -4.27. The number of hydrogen-bond donors (Lipinski definition) is 1. The van der Waals surface area contributed by atoms with Crippen LogP contribution in [0, 0.1) is 0 Å². The molecule has 1 unspecified atom stereocenters. The highest BCUT2D eigenvalue weighted by Gasteiger charge is 2.30. The molecule has 0 aromatic heterocycles. The minimum Gasteiger partial charge on any atom is -0.388 e. The molecular formula is C13H15F3O. The molecule has 1 atom stereocenters. The molecule has 1 aromatic rings. The van der Waals surface area contributed by atoms with Crippen molar-refractivity contribution in [2.75, 3.05) is 0 Å². The van der Waals surface area contributed by atoms with E-state index in [0.717, 1.165) is 17.7 Å². The summed E-state index contributed by atoms with van der Waals surface area (Å²) in [6.45, 7) is 5.50. The van der Waals surface area contributed by atoms with Gasteiger partial charge in [-0.15, -0.1) is 6.58 Å². The van der Waals surface area contributed by atoms with Crippen LogP contribution in [0.15, 0.2) is 36.4 Å². The minimum absolute atomic E-state index is 0.293. The van der Waals surface area contributed by atoms with E-state index in [1.165, 1.54) is 12.1 Å². The maximum Gasteiger partial charge on any atom is 0.416 e. The first-order valence-corrected chi connectivity index (χ1v) is 5.30. The molecule has 0 bridgehead atoms. The number of rotatable bonds is 4. The maximum atomic E-state index is 12.4. The van der Waals surface area contributed by atoms with Crippen LogP contribution in [0.2, 0.25) is 0 Å². The lowest BCUT2D eigenvalue weighted by molar-refractivity contribution is -0.137. The molecule has 1 N–H and O–H groups in total. The van der Waals surface area contributed by atoms with E-state index in [1.807, 2.05) is 6.92 Å². The van der Waals surface area contributed by atoms with Gasteiger partial charge in [-0.1, -0.05) is 17.7 Å². The Hall–Kier alpha value is -1.29. The van der Waals surface area contributed by atoms with Gasteiger partial charge in [-0.3, -0.25) is 0 Å². The number of hydrogen-bond acceptors (Lipinski definition) is 1. The van der Waals surface area contributed by atoms with E-state index in [1.54, 1.807) is 0 Å². The summed E-state index contributed by atoms with van der Waals surface area (Å²) in [5.74, 6) is 0. The second-order valence-corrected chi connectivity index (χ2v) is 4.13. The fourth-order valence-corrected chi connectivity index (χ4v) is 1.47. The molecule has 0 amide bonds. The second kappa shape index (κ2) is 5.36. The fourth-order valence-electron chi connectivity index (χ4n) is 1.47. The van der Waals surface area contributed by atoms with Crippen molar-refractivity contribution in [2.24, 2.45) is 0 Å². The monoisotopic (exact) mass is 244 g/mol. The zero-order valence-electron chi connectivity index (χ0n) is 9.59. The third-order valence-corrected chi connectivity index (χ3v) is 2.44. The highest BCUT2D eigenvalue weighted by atomic mass is 19.4. The highest BCUT2D eigenvalue weighted by Crippen LogP contribution is 2.31. The molecule has 0 aliphatic heterocycles. The van der Waals surface area contributed by atoms with Crippen molar-refractivity contribution in [1.82, 2.24) is 0 Å². The third kappa shape index (κ3) is 4.23. The normalized spacial score (nSPS) is 13.5. The molecule has 94 valence electrons. The molecule has 0 heterocycles. The first-order chi connectivity index (χ1) is 7.80. The van der Waals surface area contributed by atoms with Crippen molar-refractivity contribution < 1.29 is 18.3 Å². The summed E-state index contributed by atoms with van der Waals surface area (Å²) in [5.41, 5.74) is 0.460. The number of benzene rings is 1. The van der Waals surface area contributed by atoms with Crippen molar-refractivity contribution in [2.45, 2.75) is 32.0 Å². The van der Waals surface area contributed by atoms with Crippen LogP contribution in [0.25, 0.3) is 0 Å². The van der Waals surface area contributed by atoms with Gasteiger partial charge < -0.3 is 5.11 Å². The highest BCUT2D eigenvalue weighted by molar-refractivity contribution is 5.27. The summed E-state index contributed by atoms with van der Waals surface area (Å²) in [6, 6.07) is 4.79. The van der Waals surface area contributed by atoms with Crippen LogP contribution in [-0.2, 0) is 6.18 Å². The molecule has 17 heavy (non-hydrogen) atoms. The number of aliphatic hydroxyl groups excluding tert-OH is 1. The van der Waals surface area contributed by atoms with E-state index in [0.29, 0.717) is 18.4 Å². The minimum atomic E-state index is -4.37. The summed E-state index contributed by atoms with van der Waals surface area (Å²) >= 11 is 0. The van der Waals surface area contributed by atoms with E-state index in [-0.39, 0.29) is 0 Å². The van der Waals surface area contributed by atoms with E-state index < -0.39 is 17.8 Å². The van der Waals surface area contributed by atoms with Gasteiger partial charge in [0, 0.05) is 0 Å². The predicted octanol–water partition coefficient (Wildman–Crippen LogP) is 4.10. The van der Waals surface area contributed by atoms with Crippen LogP contribution in [0.3, 0.4) is 0 Å². The third-order valence-electron chi connectivity index (χ3n) is 2.44. The van der Waals surface area contributed by atoms with Crippen molar-refractivity contribution in [3.05, 3.63) is 47.5 Å². The summed E-state index contributed by atoms with van der Waals surface area (Å²) < 4.78 is 37.3. The van der Waals surface area contributed by atoms with Crippen LogP contribution in [-0.4, -0.2) is 5.11 Å². The Labute approximate surface area is 98.6 Å². The summed E-state index contributed by atoms with van der Waals surface area (Å²) in [4.78, 5) is 0. The van der Waals surface area contributed by atoms with Gasteiger partial charge in [0.05, 0.1) is 11.7 Å². The van der Waals surface area contributed by atoms with E-state index in [2.05, 4.69) is 6.58 Å². The van der Waals surface area contributed by atoms with Gasteiger partial charge in [0.25, 0.3) is 0 Å². The molecule has 0 aliphatic carbocycles. The largest absolute Gasteiger partial charge is 0.416 e. The average Bonchev–Trinajstić information content (AvgIpc) is 2.25. The van der Waals surface area contributed by atoms with E-state index in [4.69, 9.17) is 0 Å². The molecule has 1 rings (SSSR count). The number of allylic oxidation sites excluding steroid dienone is 1. The number of aliphatic hydroxyl groups is 1. The summed E-state index contributed by atoms with van der Waals surface area (Å²) in [5, 5.41) is 9.75. The van der Waals surface area contributed by atoms with Gasteiger partial charge in [0.1, 0.15) is 0 Å². The zero-order valence-corrected chi connectivity index (χ0v) is 9.59. The fraction of sp³-hybridized carbons (Fsp3) is 0.385. The van der Waals surface area contributed by atoms with Gasteiger partial charge in [0.15, 0.2) is 0 Å². The van der Waals surface area contributed by atoms with Crippen LogP contribution in [0.5, 0.6) is 0 Å². The van der Waals surface area contributed by atoms with Crippen molar-refractivity contribution in [3.63, 3.8) is 0 Å². The SMILES string of the molecule is C=C(C)CCC(O)c1cccc(C(F)(F)F)c1. The topological polar surface area (TPSA) is 20.2 Å². The van der Waals surface area contributed by atoms with Crippen molar-refractivity contribution in [1.29, 1.82) is 0 Å². The number of alkyl halides is 3. The van der Waals surface area contributed by atoms with Gasteiger partial charge in [-0.2, -0.15) is 13.2 Å². The first kappa shape index (κ1) is 13.8. The Morgan fingerprint density at radius 3 is 2.59 bits per heavy atom. The standard InChI is InChI=1S/C13H15F3O/c1-9(2)6-7-12(17)10-4-3-5-11(8-10)13(14,15)16/h3-5,8,12,17H,1,6-7H2,2H3. The molecule has 4 heteroatoms. The van der Waals surface area contributed by atoms with Gasteiger partial charge >= 0.3 is 6.18 Å². The lowest BCUT2D eigenvalue weighted by atomic mass is 10.0. The molecule has 0 spiro atoms. The predicted molar refractivity (Wildman–Crippen MR) is 60.5 cm³/mol. The van der Waals surface area contributed by atoms with Crippen LogP contribution in [0.4, 0.5) is 13.2 Å². The smallest absolute Gasteiger partial charge is 0.388 e. The van der Waals surface area contributed by atoms with Crippen LogP contribution >= 0.6 is 0 Å².